The number of nitrogens with zero attached hydrogens (tertiary/aromatic N) is 3. The molecule has 208 valence electrons. The lowest BCUT2D eigenvalue weighted by Gasteiger charge is -2.25. The molecule has 0 unspecified atom stereocenters. The van der Waals surface area contributed by atoms with E-state index >= 15 is 0 Å². The minimum atomic E-state index is -0.813. The number of likely N-dealkylation sites (N-methyl/N-ethyl adjacent to an activating group) is 1. The van der Waals surface area contributed by atoms with Crippen molar-refractivity contribution in [1.82, 2.24) is 14.9 Å². The van der Waals surface area contributed by atoms with Gasteiger partial charge in [-0.3, -0.25) is 14.6 Å². The Morgan fingerprint density at radius 1 is 1.05 bits per heavy atom. The molecule has 0 saturated carbocycles. The zero-order chi connectivity index (χ0) is 28.4. The number of aromatic nitrogens is 2. The number of aliphatic hydroxyl groups excluding tert-OH is 1. The molecule has 40 heavy (non-hydrogen) atoms. The molecule has 4 aromatic rings. The van der Waals surface area contributed by atoms with Gasteiger partial charge in [0.25, 0.3) is 0 Å². The van der Waals surface area contributed by atoms with E-state index in [9.17, 15) is 14.7 Å². The molecule has 0 fully saturated rings. The largest absolute Gasteiger partial charge is 0.454 e. The SMILES string of the molecule is Cc1ccc(C)c2c1c(CCO)c(C)n2CC(=O)N[C@@H](Cc1ccncc1)C(=O)N(C)c1ccc2c(c1)OCO2. The van der Waals surface area contributed by atoms with Gasteiger partial charge in [-0.25, -0.2) is 0 Å². The van der Waals surface area contributed by atoms with Crippen LogP contribution in [0.25, 0.3) is 10.9 Å². The Kier molecular flexibility index (Phi) is 7.75. The van der Waals surface area contributed by atoms with Gasteiger partial charge in [0.05, 0.1) is 5.52 Å². The first-order valence-corrected chi connectivity index (χ1v) is 13.3. The second-order valence-corrected chi connectivity index (χ2v) is 10.2. The summed E-state index contributed by atoms with van der Waals surface area (Å²) in [6.45, 7) is 6.25. The zero-order valence-corrected chi connectivity index (χ0v) is 23.2. The average Bonchev–Trinajstić information content (AvgIpc) is 3.53. The fraction of sp³-hybridized carbons (Fsp3) is 0.323. The van der Waals surface area contributed by atoms with Crippen molar-refractivity contribution in [2.75, 3.05) is 25.3 Å². The number of carbonyl (C=O) groups excluding carboxylic acids is 2. The molecule has 2 N–H and O–H groups in total. The van der Waals surface area contributed by atoms with E-state index in [1.54, 1.807) is 37.6 Å². The van der Waals surface area contributed by atoms with Crippen LogP contribution >= 0.6 is 0 Å². The summed E-state index contributed by atoms with van der Waals surface area (Å²) in [4.78, 5) is 33.0. The van der Waals surface area contributed by atoms with Crippen LogP contribution in [0.3, 0.4) is 0 Å². The van der Waals surface area contributed by atoms with E-state index in [1.165, 1.54) is 4.90 Å². The number of aryl methyl sites for hydroxylation is 2. The van der Waals surface area contributed by atoms with Crippen molar-refractivity contribution in [3.63, 3.8) is 0 Å². The first-order valence-electron chi connectivity index (χ1n) is 13.3. The first kappa shape index (κ1) is 27.2. The highest BCUT2D eigenvalue weighted by Crippen LogP contribution is 2.35. The number of amides is 2. The Morgan fingerprint density at radius 3 is 2.52 bits per heavy atom. The molecular weight excluding hydrogens is 508 g/mol. The molecule has 0 aliphatic carbocycles. The summed E-state index contributed by atoms with van der Waals surface area (Å²) >= 11 is 0. The van der Waals surface area contributed by atoms with E-state index in [4.69, 9.17) is 9.47 Å². The van der Waals surface area contributed by atoms with Crippen LogP contribution < -0.4 is 19.7 Å². The summed E-state index contributed by atoms with van der Waals surface area (Å²) in [6.07, 6.45) is 4.15. The van der Waals surface area contributed by atoms with Gasteiger partial charge in [0.2, 0.25) is 18.6 Å². The summed E-state index contributed by atoms with van der Waals surface area (Å²) in [5, 5.41) is 13.8. The van der Waals surface area contributed by atoms with E-state index in [0.29, 0.717) is 30.0 Å². The molecule has 1 atom stereocenters. The highest BCUT2D eigenvalue weighted by atomic mass is 16.7. The van der Waals surface area contributed by atoms with Crippen molar-refractivity contribution in [3.8, 4) is 11.5 Å². The van der Waals surface area contributed by atoms with Crippen LogP contribution in [-0.2, 0) is 29.0 Å². The van der Waals surface area contributed by atoms with Gasteiger partial charge in [0.15, 0.2) is 11.5 Å². The van der Waals surface area contributed by atoms with Crippen LogP contribution in [0, 0.1) is 20.8 Å². The number of ether oxygens (including phenoxy) is 2. The second kappa shape index (κ2) is 11.4. The van der Waals surface area contributed by atoms with Gasteiger partial charge in [-0.2, -0.15) is 0 Å². The fourth-order valence-corrected chi connectivity index (χ4v) is 5.44. The van der Waals surface area contributed by atoms with Crippen LogP contribution in [0.4, 0.5) is 5.69 Å². The van der Waals surface area contributed by atoms with E-state index < -0.39 is 6.04 Å². The maximum Gasteiger partial charge on any atom is 0.249 e. The highest BCUT2D eigenvalue weighted by molar-refractivity contribution is 5.99. The average molecular weight is 543 g/mol. The molecule has 2 amide bonds. The maximum absolute atomic E-state index is 13.8. The molecule has 9 heteroatoms. The number of fused-ring (bicyclic) bond motifs is 2. The topological polar surface area (TPSA) is 106 Å². The van der Waals surface area contributed by atoms with Gasteiger partial charge in [-0.05, 0) is 73.7 Å². The third-order valence-corrected chi connectivity index (χ3v) is 7.56. The predicted molar refractivity (Wildman–Crippen MR) is 153 cm³/mol. The van der Waals surface area contributed by atoms with Crippen molar-refractivity contribution in [2.45, 2.75) is 46.2 Å². The number of pyridine rings is 1. The summed E-state index contributed by atoms with van der Waals surface area (Å²) in [7, 11) is 1.68. The van der Waals surface area contributed by atoms with Crippen LogP contribution in [0.5, 0.6) is 11.5 Å². The molecule has 0 saturated heterocycles. The molecule has 3 heterocycles. The monoisotopic (exact) mass is 542 g/mol. The summed E-state index contributed by atoms with van der Waals surface area (Å²) in [5.74, 6) is 0.673. The van der Waals surface area contributed by atoms with Crippen molar-refractivity contribution in [3.05, 3.63) is 82.8 Å². The number of aliphatic hydroxyl groups is 1. The molecular formula is C31H34N4O5. The Bertz CT molecular complexity index is 1560. The maximum atomic E-state index is 13.8. The lowest BCUT2D eigenvalue weighted by Crippen LogP contribution is -2.49. The number of hydrogen-bond donors (Lipinski definition) is 2. The standard InChI is InChI=1S/C31H34N4O5/c1-19-5-6-20(2)30-29(19)24(11-14-36)21(3)35(30)17-28(37)33-25(15-22-9-12-32-13-10-22)31(38)34(4)23-7-8-26-27(16-23)40-18-39-26/h5-10,12-13,16,25,36H,11,14-15,17-18H2,1-4H3,(H,33,37)/t25-/m0/s1. The van der Waals surface area contributed by atoms with E-state index in [-0.39, 0.29) is 31.8 Å². The van der Waals surface area contributed by atoms with Crippen molar-refractivity contribution in [1.29, 1.82) is 0 Å². The molecule has 0 bridgehead atoms. The van der Waals surface area contributed by atoms with Crippen LogP contribution in [0.1, 0.15) is 27.9 Å². The number of carbonyl (C=O) groups is 2. The molecule has 2 aromatic heterocycles. The van der Waals surface area contributed by atoms with Gasteiger partial charge in [-0.1, -0.05) is 12.1 Å². The van der Waals surface area contributed by atoms with Crippen LogP contribution in [0.15, 0.2) is 54.9 Å². The molecule has 9 nitrogen and oxygen atoms in total. The van der Waals surface area contributed by atoms with Crippen LogP contribution in [-0.4, -0.2) is 53.0 Å². The van der Waals surface area contributed by atoms with Crippen molar-refractivity contribution >= 4 is 28.4 Å². The number of hydrogen-bond acceptors (Lipinski definition) is 6. The molecule has 5 rings (SSSR count). The van der Waals surface area contributed by atoms with E-state index in [0.717, 1.165) is 38.9 Å². The number of nitrogens with one attached hydrogen (secondary N) is 1. The third kappa shape index (κ3) is 5.24. The Balaban J connectivity index is 1.43. The van der Waals surface area contributed by atoms with E-state index in [1.807, 2.05) is 43.5 Å². The highest BCUT2D eigenvalue weighted by Gasteiger charge is 2.27. The lowest BCUT2D eigenvalue weighted by atomic mass is 10.0. The first-order chi connectivity index (χ1) is 19.3. The van der Waals surface area contributed by atoms with Gasteiger partial charge in [0, 0.05) is 55.3 Å². The quantitative estimate of drug-likeness (QED) is 0.335. The van der Waals surface area contributed by atoms with E-state index in [2.05, 4.69) is 16.4 Å². The summed E-state index contributed by atoms with van der Waals surface area (Å²) in [5.41, 5.74) is 6.62. The Morgan fingerprint density at radius 2 is 1.77 bits per heavy atom. The molecule has 2 aromatic carbocycles. The Hall–Kier alpha value is -4.37. The van der Waals surface area contributed by atoms with Gasteiger partial charge >= 0.3 is 0 Å². The third-order valence-electron chi connectivity index (χ3n) is 7.56. The number of anilines is 1. The minimum absolute atomic E-state index is 0.0221. The molecule has 0 spiro atoms. The molecule has 1 aliphatic heterocycles. The second-order valence-electron chi connectivity index (χ2n) is 10.2. The van der Waals surface area contributed by atoms with Gasteiger partial charge < -0.3 is 29.4 Å². The molecule has 1 aliphatic rings. The minimum Gasteiger partial charge on any atom is -0.454 e. The number of rotatable bonds is 9. The Labute approximate surface area is 233 Å². The van der Waals surface area contributed by atoms with Crippen molar-refractivity contribution < 1.29 is 24.2 Å². The van der Waals surface area contributed by atoms with Gasteiger partial charge in [0.1, 0.15) is 12.6 Å². The summed E-state index contributed by atoms with van der Waals surface area (Å²) in [6, 6.07) is 12.3. The smallest absolute Gasteiger partial charge is 0.249 e. The zero-order valence-electron chi connectivity index (χ0n) is 23.2. The van der Waals surface area contributed by atoms with Gasteiger partial charge in [-0.15, -0.1) is 0 Å². The predicted octanol–water partition coefficient (Wildman–Crippen LogP) is 3.62. The van der Waals surface area contributed by atoms with Crippen molar-refractivity contribution in [2.24, 2.45) is 0 Å². The number of benzene rings is 2. The fourth-order valence-electron chi connectivity index (χ4n) is 5.44. The van der Waals surface area contributed by atoms with Crippen LogP contribution in [0.2, 0.25) is 0 Å². The summed E-state index contributed by atoms with van der Waals surface area (Å²) < 4.78 is 12.9. The normalized spacial score (nSPS) is 12.9. The lowest BCUT2D eigenvalue weighted by molar-refractivity contribution is -0.127. The molecule has 0 radical (unpaired) electrons.